The van der Waals surface area contributed by atoms with Gasteiger partial charge in [0.05, 0.1) is 11.2 Å². The van der Waals surface area contributed by atoms with Gasteiger partial charge in [0.2, 0.25) is 0 Å². The first-order valence-corrected chi connectivity index (χ1v) is 8.01. The summed E-state index contributed by atoms with van der Waals surface area (Å²) in [5.74, 6) is -2.77. The highest BCUT2D eigenvalue weighted by Gasteiger charge is 2.77. The third-order valence-corrected chi connectivity index (χ3v) is 6.39. The zero-order chi connectivity index (χ0) is 16.8. The van der Waals surface area contributed by atoms with Gasteiger partial charge in [0.15, 0.2) is 11.6 Å². The van der Waals surface area contributed by atoms with Crippen LogP contribution in [0.2, 0.25) is 5.31 Å². The van der Waals surface area contributed by atoms with Crippen molar-refractivity contribution in [3.8, 4) is 0 Å². The number of rotatable bonds is 2. The monoisotopic (exact) mass is 324 g/mol. The first kappa shape index (κ1) is 15.5. The first-order chi connectivity index (χ1) is 10.5. The summed E-state index contributed by atoms with van der Waals surface area (Å²) in [7, 11) is -0.337. The molecule has 0 aromatic heterocycles. The molecule has 0 unspecified atom stereocenters. The molecule has 1 aromatic carbocycles. The van der Waals surface area contributed by atoms with Crippen LogP contribution in [0.5, 0.6) is 0 Å². The lowest BCUT2D eigenvalue weighted by Gasteiger charge is -2.71. The van der Waals surface area contributed by atoms with Gasteiger partial charge in [-0.3, -0.25) is 0 Å². The predicted octanol–water partition coefficient (Wildman–Crippen LogP) is 4.37. The molecule has 5 rings (SSSR count). The molecule has 4 aliphatic rings. The average molecular weight is 324 g/mol. The highest BCUT2D eigenvalue weighted by atomic mass is 19.2. The second-order valence-corrected chi connectivity index (χ2v) is 8.51. The van der Waals surface area contributed by atoms with E-state index in [0.29, 0.717) is 25.3 Å². The fraction of sp³-hybridized carbons (Fsp3) is 0.647. The van der Waals surface area contributed by atoms with Crippen molar-refractivity contribution in [2.24, 2.45) is 0 Å². The Hall–Kier alpha value is -1.01. The first-order valence-electron chi connectivity index (χ1n) is 8.01. The molecule has 1 aromatic rings. The van der Waals surface area contributed by atoms with E-state index in [1.165, 1.54) is 0 Å². The fourth-order valence-electron chi connectivity index (χ4n) is 4.44. The maximum Gasteiger partial charge on any atom is 0.464 e. The Morgan fingerprint density at radius 1 is 0.913 bits per heavy atom. The Labute approximate surface area is 134 Å². The van der Waals surface area contributed by atoms with Gasteiger partial charge in [-0.1, -0.05) is 0 Å². The second-order valence-electron chi connectivity index (χ2n) is 8.51. The summed E-state index contributed by atoms with van der Waals surface area (Å²) in [6, 6.07) is 1.72. The quantitative estimate of drug-likeness (QED) is 0.594. The van der Waals surface area contributed by atoms with Gasteiger partial charge in [0.25, 0.3) is 0 Å². The minimum absolute atomic E-state index is 0.153. The van der Waals surface area contributed by atoms with Gasteiger partial charge in [-0.25, -0.2) is 13.2 Å². The summed E-state index contributed by atoms with van der Waals surface area (Å²) in [4.78, 5) is 0. The normalized spacial score (nSPS) is 36.6. The molecular weight excluding hydrogens is 304 g/mol. The molecule has 0 N–H and O–H groups in total. The van der Waals surface area contributed by atoms with E-state index in [9.17, 15) is 13.2 Å². The van der Waals surface area contributed by atoms with E-state index in [1.807, 2.05) is 27.7 Å². The molecule has 0 radical (unpaired) electrons. The molecule has 0 spiro atoms. The Bertz CT molecular complexity index is 666. The molecule has 6 heteroatoms. The van der Waals surface area contributed by atoms with Gasteiger partial charge >= 0.3 is 7.12 Å². The van der Waals surface area contributed by atoms with Gasteiger partial charge in [-0.2, -0.15) is 0 Å². The lowest BCUT2D eigenvalue weighted by Crippen LogP contribution is -2.66. The molecule has 23 heavy (non-hydrogen) atoms. The summed E-state index contributed by atoms with van der Waals surface area (Å²) in [6.07, 6.45) is 1.95. The molecule has 0 amide bonds. The molecule has 1 saturated heterocycles. The van der Waals surface area contributed by atoms with Crippen LogP contribution in [0.3, 0.4) is 0 Å². The fourth-order valence-corrected chi connectivity index (χ4v) is 4.44. The van der Waals surface area contributed by atoms with E-state index in [4.69, 9.17) is 9.31 Å². The van der Waals surface area contributed by atoms with Crippen molar-refractivity contribution in [1.29, 1.82) is 0 Å². The number of halogens is 3. The summed E-state index contributed by atoms with van der Waals surface area (Å²) >= 11 is 0. The molecule has 2 nitrogen and oxygen atoms in total. The lowest BCUT2D eigenvalue weighted by atomic mass is 9.23. The average Bonchev–Trinajstić information content (AvgIpc) is 2.51. The zero-order valence-corrected chi connectivity index (χ0v) is 13.8. The van der Waals surface area contributed by atoms with Crippen LogP contribution in [0.25, 0.3) is 0 Å². The summed E-state index contributed by atoms with van der Waals surface area (Å²) in [5, 5.41) is -0.153. The Kier molecular flexibility index (Phi) is 2.80. The van der Waals surface area contributed by atoms with E-state index < -0.39 is 34.1 Å². The molecule has 4 fully saturated rings. The third-order valence-electron chi connectivity index (χ3n) is 6.39. The van der Waals surface area contributed by atoms with E-state index in [-0.39, 0.29) is 18.0 Å². The highest BCUT2D eigenvalue weighted by molar-refractivity contribution is 6.51. The minimum Gasteiger partial charge on any atom is -0.403 e. The summed E-state index contributed by atoms with van der Waals surface area (Å²) in [5.41, 5.74) is -1.11. The zero-order valence-electron chi connectivity index (χ0n) is 13.8. The van der Waals surface area contributed by atoms with Crippen LogP contribution in [0.15, 0.2) is 12.1 Å². The largest absolute Gasteiger partial charge is 0.464 e. The topological polar surface area (TPSA) is 18.5 Å². The molecule has 1 heterocycles. The smallest absolute Gasteiger partial charge is 0.403 e. The summed E-state index contributed by atoms with van der Waals surface area (Å²) in [6.45, 7) is 7.98. The van der Waals surface area contributed by atoms with Gasteiger partial charge < -0.3 is 9.31 Å². The standard InChI is InChI=1S/C17H20BF3O2/c1-14(2)15(3,4)23-18(22-14)17-7-16(8-17,9-17)11-5-10(19)6-12(20)13(11)21/h5-6H,7-9H2,1-4H3. The predicted molar refractivity (Wildman–Crippen MR) is 80.6 cm³/mol. The van der Waals surface area contributed by atoms with Crippen molar-refractivity contribution >= 4 is 7.12 Å². The van der Waals surface area contributed by atoms with Crippen LogP contribution in [-0.4, -0.2) is 18.3 Å². The maximum atomic E-state index is 14.1. The maximum absolute atomic E-state index is 14.1. The molecule has 2 bridgehead atoms. The van der Waals surface area contributed by atoms with Crippen LogP contribution >= 0.6 is 0 Å². The van der Waals surface area contributed by atoms with Gasteiger partial charge in [0.1, 0.15) is 5.82 Å². The van der Waals surface area contributed by atoms with Gasteiger partial charge in [-0.15, -0.1) is 0 Å². The van der Waals surface area contributed by atoms with Crippen molar-refractivity contribution in [3.63, 3.8) is 0 Å². The van der Waals surface area contributed by atoms with Gasteiger partial charge in [-0.05, 0) is 64.0 Å². The second kappa shape index (κ2) is 4.15. The van der Waals surface area contributed by atoms with E-state index >= 15 is 0 Å². The van der Waals surface area contributed by atoms with Crippen LogP contribution in [0, 0.1) is 17.5 Å². The van der Waals surface area contributed by atoms with Crippen molar-refractivity contribution in [2.75, 3.05) is 0 Å². The van der Waals surface area contributed by atoms with E-state index in [2.05, 4.69) is 0 Å². The van der Waals surface area contributed by atoms with Crippen LogP contribution in [0.4, 0.5) is 13.2 Å². The molecular formula is C17H20BF3O2. The molecule has 3 aliphatic carbocycles. The highest BCUT2D eigenvalue weighted by Crippen LogP contribution is 2.81. The lowest BCUT2D eigenvalue weighted by molar-refractivity contribution is -0.0412. The molecule has 1 aliphatic heterocycles. The van der Waals surface area contributed by atoms with Crippen LogP contribution in [0.1, 0.15) is 52.5 Å². The molecule has 3 saturated carbocycles. The number of hydrogen-bond acceptors (Lipinski definition) is 2. The van der Waals surface area contributed by atoms with Crippen molar-refractivity contribution in [1.82, 2.24) is 0 Å². The molecule has 124 valence electrons. The molecule has 0 atom stereocenters. The van der Waals surface area contributed by atoms with Crippen molar-refractivity contribution in [2.45, 2.75) is 68.9 Å². The van der Waals surface area contributed by atoms with E-state index in [0.717, 1.165) is 6.07 Å². The van der Waals surface area contributed by atoms with Crippen LogP contribution < -0.4 is 0 Å². The van der Waals surface area contributed by atoms with Crippen molar-refractivity contribution in [3.05, 3.63) is 35.1 Å². The van der Waals surface area contributed by atoms with Crippen LogP contribution in [-0.2, 0) is 14.7 Å². The Morgan fingerprint density at radius 2 is 1.43 bits per heavy atom. The number of benzene rings is 1. The third kappa shape index (κ3) is 1.85. The Morgan fingerprint density at radius 3 is 1.96 bits per heavy atom. The van der Waals surface area contributed by atoms with Gasteiger partial charge in [0, 0.05) is 11.4 Å². The Balaban J connectivity index is 1.56. The SMILES string of the molecule is CC1(C)OB(C23CC(c4cc(F)cc(F)c4F)(C2)C3)OC1(C)C. The van der Waals surface area contributed by atoms with E-state index in [1.54, 1.807) is 0 Å². The number of hydrogen-bond donors (Lipinski definition) is 0. The van der Waals surface area contributed by atoms with Crippen molar-refractivity contribution < 1.29 is 22.5 Å². The minimum atomic E-state index is -1.12. The summed E-state index contributed by atoms with van der Waals surface area (Å²) < 4.78 is 53.2.